The molecule has 0 saturated carbocycles. The number of allylic oxidation sites excluding steroid dienone is 4. The molecular weight excluding hydrogens is 189 g/mol. The molecule has 0 aromatic rings. The smallest absolute Gasteiger partial charge is 0.166 e. The van der Waals surface area contributed by atoms with E-state index < -0.39 is 11.7 Å². The van der Waals surface area contributed by atoms with Gasteiger partial charge in [0.2, 0.25) is 0 Å². The van der Waals surface area contributed by atoms with E-state index in [1.54, 1.807) is 0 Å². The fourth-order valence-electron chi connectivity index (χ4n) is 0.661. The van der Waals surface area contributed by atoms with Crippen LogP contribution in [0.3, 0.4) is 0 Å². The second kappa shape index (κ2) is 4.03. The van der Waals surface area contributed by atoms with E-state index in [0.29, 0.717) is 5.57 Å². The van der Waals surface area contributed by atoms with Gasteiger partial charge in [0, 0.05) is 0 Å². The average molecular weight is 204 g/mol. The Morgan fingerprint density at radius 3 is 1.79 bits per heavy atom. The van der Waals surface area contributed by atoms with Gasteiger partial charge in [-0.15, -0.1) is 0 Å². The summed E-state index contributed by atoms with van der Waals surface area (Å²) in [4.78, 5) is 0. The molecule has 0 rings (SSSR count). The zero-order valence-electron chi connectivity index (χ0n) is 8.70. The van der Waals surface area contributed by atoms with Crippen molar-refractivity contribution in [3.8, 4) is 0 Å². The molecule has 0 radical (unpaired) electrons. The molecular formula is C11H15F3. The van der Waals surface area contributed by atoms with E-state index in [4.69, 9.17) is 0 Å². The summed E-state index contributed by atoms with van der Waals surface area (Å²) in [5.74, 6) is 0. The summed E-state index contributed by atoms with van der Waals surface area (Å²) in [6.45, 7) is 12.2. The Kier molecular flexibility index (Phi) is 3.74. The minimum atomic E-state index is -4.35. The van der Waals surface area contributed by atoms with Crippen molar-refractivity contribution in [2.45, 2.75) is 26.9 Å². The number of hydrogen-bond donors (Lipinski definition) is 0. The number of alkyl halides is 3. The molecule has 0 aliphatic heterocycles. The molecule has 0 aromatic carbocycles. The van der Waals surface area contributed by atoms with E-state index in [1.807, 2.05) is 20.8 Å². The lowest BCUT2D eigenvalue weighted by Crippen LogP contribution is -2.13. The predicted molar refractivity (Wildman–Crippen MR) is 52.9 cm³/mol. The number of halogens is 3. The van der Waals surface area contributed by atoms with Crippen molar-refractivity contribution >= 4 is 0 Å². The van der Waals surface area contributed by atoms with Crippen LogP contribution in [0.1, 0.15) is 20.8 Å². The maximum absolute atomic E-state index is 12.3. The van der Waals surface area contributed by atoms with Crippen molar-refractivity contribution in [3.63, 3.8) is 0 Å². The van der Waals surface area contributed by atoms with E-state index in [0.717, 1.165) is 12.2 Å². The molecule has 0 nitrogen and oxygen atoms in total. The molecule has 0 aromatic heterocycles. The van der Waals surface area contributed by atoms with Gasteiger partial charge in [-0.3, -0.25) is 0 Å². The van der Waals surface area contributed by atoms with Gasteiger partial charge in [0.25, 0.3) is 0 Å². The van der Waals surface area contributed by atoms with Crippen molar-refractivity contribution in [1.29, 1.82) is 0 Å². The molecule has 0 bridgehead atoms. The highest BCUT2D eigenvalue weighted by atomic mass is 19.4. The lowest BCUT2D eigenvalue weighted by molar-refractivity contribution is -0.0882. The van der Waals surface area contributed by atoms with Crippen molar-refractivity contribution < 1.29 is 13.2 Å². The molecule has 3 heteroatoms. The van der Waals surface area contributed by atoms with Gasteiger partial charge in [0.1, 0.15) is 0 Å². The molecule has 0 aliphatic rings. The first kappa shape index (κ1) is 13.0. The summed E-state index contributed by atoms with van der Waals surface area (Å²) in [6, 6.07) is 0. The van der Waals surface area contributed by atoms with E-state index in [1.165, 1.54) is 0 Å². The van der Waals surface area contributed by atoms with Crippen LogP contribution < -0.4 is 0 Å². The third-order valence-corrected chi connectivity index (χ3v) is 1.84. The Morgan fingerprint density at radius 1 is 1.14 bits per heavy atom. The molecule has 0 amide bonds. The van der Waals surface area contributed by atoms with Gasteiger partial charge < -0.3 is 0 Å². The van der Waals surface area contributed by atoms with Crippen LogP contribution in [0.2, 0.25) is 0 Å². The van der Waals surface area contributed by atoms with Crippen LogP contribution in [0.5, 0.6) is 0 Å². The van der Waals surface area contributed by atoms with Gasteiger partial charge in [-0.2, -0.15) is 13.2 Å². The SMILES string of the molecule is C=C/C(=C\C(=C)C(C)(C)C)C(F)(F)F. The summed E-state index contributed by atoms with van der Waals surface area (Å²) in [5, 5.41) is 0. The van der Waals surface area contributed by atoms with Gasteiger partial charge in [0.05, 0.1) is 5.57 Å². The lowest BCUT2D eigenvalue weighted by atomic mass is 9.86. The molecule has 0 atom stereocenters. The molecule has 0 unspecified atom stereocenters. The predicted octanol–water partition coefficient (Wildman–Crippen LogP) is 4.26. The van der Waals surface area contributed by atoms with Gasteiger partial charge in [-0.25, -0.2) is 0 Å². The number of hydrogen-bond acceptors (Lipinski definition) is 0. The van der Waals surface area contributed by atoms with Crippen molar-refractivity contribution in [2.24, 2.45) is 5.41 Å². The fourth-order valence-corrected chi connectivity index (χ4v) is 0.661. The van der Waals surface area contributed by atoms with E-state index in [-0.39, 0.29) is 5.41 Å². The highest BCUT2D eigenvalue weighted by Crippen LogP contribution is 2.31. The number of rotatable bonds is 2. The zero-order chi connectivity index (χ0) is 11.6. The molecule has 0 fully saturated rings. The molecule has 0 N–H and O–H groups in total. The van der Waals surface area contributed by atoms with E-state index in [2.05, 4.69) is 13.2 Å². The summed E-state index contributed by atoms with van der Waals surface area (Å²) in [5.41, 5.74) is -0.679. The lowest BCUT2D eigenvalue weighted by Gasteiger charge is -2.20. The monoisotopic (exact) mass is 204 g/mol. The van der Waals surface area contributed by atoms with Crippen LogP contribution >= 0.6 is 0 Å². The minimum absolute atomic E-state index is 0.362. The van der Waals surface area contributed by atoms with Crippen molar-refractivity contribution in [2.75, 3.05) is 0 Å². The molecule has 0 spiro atoms. The molecule has 0 heterocycles. The van der Waals surface area contributed by atoms with Crippen LogP contribution in [0.4, 0.5) is 13.2 Å². The Bertz CT molecular complexity index is 261. The Hall–Kier alpha value is -0.990. The van der Waals surface area contributed by atoms with Gasteiger partial charge in [0.15, 0.2) is 0 Å². The van der Waals surface area contributed by atoms with Crippen LogP contribution in [0, 0.1) is 5.41 Å². The summed E-state index contributed by atoms with van der Waals surface area (Å²) in [6.07, 6.45) is -2.51. The zero-order valence-corrected chi connectivity index (χ0v) is 8.70. The molecule has 0 saturated heterocycles. The first-order valence-electron chi connectivity index (χ1n) is 4.19. The Labute approximate surface area is 82.8 Å². The van der Waals surface area contributed by atoms with Gasteiger partial charge in [-0.05, 0) is 17.1 Å². The topological polar surface area (TPSA) is 0 Å². The van der Waals surface area contributed by atoms with Crippen LogP contribution in [-0.2, 0) is 0 Å². The quantitative estimate of drug-likeness (QED) is 0.589. The largest absolute Gasteiger partial charge is 0.416 e. The summed E-state index contributed by atoms with van der Waals surface area (Å²) >= 11 is 0. The van der Waals surface area contributed by atoms with Crippen molar-refractivity contribution in [3.05, 3.63) is 36.5 Å². The highest BCUT2D eigenvalue weighted by Gasteiger charge is 2.32. The van der Waals surface area contributed by atoms with E-state index >= 15 is 0 Å². The highest BCUT2D eigenvalue weighted by molar-refractivity contribution is 5.33. The Morgan fingerprint density at radius 2 is 1.57 bits per heavy atom. The molecule has 14 heavy (non-hydrogen) atoms. The molecule has 80 valence electrons. The van der Waals surface area contributed by atoms with Gasteiger partial charge >= 0.3 is 6.18 Å². The maximum Gasteiger partial charge on any atom is 0.416 e. The van der Waals surface area contributed by atoms with Crippen LogP contribution in [0.25, 0.3) is 0 Å². The second-order valence-electron chi connectivity index (χ2n) is 4.08. The maximum atomic E-state index is 12.3. The first-order valence-corrected chi connectivity index (χ1v) is 4.19. The third kappa shape index (κ3) is 3.81. The van der Waals surface area contributed by atoms with Gasteiger partial charge in [-0.1, -0.05) is 40.0 Å². The summed E-state index contributed by atoms with van der Waals surface area (Å²) in [7, 11) is 0. The van der Waals surface area contributed by atoms with E-state index in [9.17, 15) is 13.2 Å². The minimum Gasteiger partial charge on any atom is -0.166 e. The average Bonchev–Trinajstić information content (AvgIpc) is 1.95. The fraction of sp³-hybridized carbons (Fsp3) is 0.455. The first-order chi connectivity index (χ1) is 6.09. The second-order valence-corrected chi connectivity index (χ2v) is 4.08. The van der Waals surface area contributed by atoms with Crippen LogP contribution in [-0.4, -0.2) is 6.18 Å². The summed E-state index contributed by atoms with van der Waals surface area (Å²) < 4.78 is 36.9. The standard InChI is InChI=1S/C11H15F3/c1-6-9(11(12,13)14)7-8(2)10(3,4)5/h6-7H,1-2H2,3-5H3/b9-7+. The normalized spacial score (nSPS) is 14.0. The Balaban J connectivity index is 4.98. The third-order valence-electron chi connectivity index (χ3n) is 1.84. The van der Waals surface area contributed by atoms with Crippen molar-refractivity contribution in [1.82, 2.24) is 0 Å². The molecule has 0 aliphatic carbocycles. The van der Waals surface area contributed by atoms with Crippen LogP contribution in [0.15, 0.2) is 36.5 Å².